The molecule has 0 amide bonds. The monoisotopic (exact) mass is 313 g/mol. The second kappa shape index (κ2) is 7.02. The first-order valence-corrected chi connectivity index (χ1v) is 8.03. The molecule has 23 heavy (non-hydrogen) atoms. The van der Waals surface area contributed by atoms with Gasteiger partial charge < -0.3 is 19.9 Å². The zero-order valence-corrected chi connectivity index (χ0v) is 13.4. The topological polar surface area (TPSA) is 50.7 Å². The second-order valence-corrected chi connectivity index (χ2v) is 6.04. The zero-order chi connectivity index (χ0) is 16.1. The van der Waals surface area contributed by atoms with Crippen molar-refractivity contribution >= 4 is 0 Å². The van der Waals surface area contributed by atoms with Gasteiger partial charge in [0.2, 0.25) is 0 Å². The minimum atomic E-state index is -0.912. The minimum Gasteiger partial charge on any atom is -0.490 e. The first kappa shape index (κ1) is 15.8. The molecule has 0 bridgehead atoms. The molecule has 4 heteroatoms. The summed E-state index contributed by atoms with van der Waals surface area (Å²) in [6, 6.07) is 15.6. The maximum atomic E-state index is 10.6. The second-order valence-electron chi connectivity index (χ2n) is 6.04. The molecule has 1 atom stereocenters. The summed E-state index contributed by atoms with van der Waals surface area (Å²) < 4.78 is 11.5. The molecule has 4 nitrogen and oxygen atoms in total. The summed E-state index contributed by atoms with van der Waals surface area (Å²) in [5.41, 5.74) is 1.04. The standard InChI is InChI=1S/C19H23NO3/c1-19(21,16-8-3-2-4-9-16)14-20-13-15-7-5-10-17-18(15)23-12-6-11-22-17/h2-5,7-10,20-21H,6,11-14H2,1H3. The molecule has 122 valence electrons. The minimum absolute atomic E-state index is 0.460. The molecule has 1 aliphatic heterocycles. The van der Waals surface area contributed by atoms with Crippen LogP contribution in [0.15, 0.2) is 48.5 Å². The average Bonchev–Trinajstić information content (AvgIpc) is 2.81. The van der Waals surface area contributed by atoms with Crippen LogP contribution in [0.1, 0.15) is 24.5 Å². The SMILES string of the molecule is CC(O)(CNCc1cccc2c1OCCCO2)c1ccccc1. The normalized spacial score (nSPS) is 16.4. The lowest BCUT2D eigenvalue weighted by Gasteiger charge is -2.24. The molecule has 0 aromatic heterocycles. The molecule has 0 aliphatic carbocycles. The van der Waals surface area contributed by atoms with Crippen molar-refractivity contribution < 1.29 is 14.6 Å². The molecule has 0 saturated carbocycles. The fourth-order valence-electron chi connectivity index (χ4n) is 2.73. The Morgan fingerprint density at radius 1 is 1.04 bits per heavy atom. The lowest BCUT2D eigenvalue weighted by atomic mass is 9.96. The summed E-state index contributed by atoms with van der Waals surface area (Å²) in [5.74, 6) is 1.62. The van der Waals surface area contributed by atoms with Crippen molar-refractivity contribution in [3.8, 4) is 11.5 Å². The Morgan fingerprint density at radius 3 is 2.65 bits per heavy atom. The van der Waals surface area contributed by atoms with Gasteiger partial charge in [0.15, 0.2) is 11.5 Å². The number of benzene rings is 2. The van der Waals surface area contributed by atoms with Crippen molar-refractivity contribution in [2.75, 3.05) is 19.8 Å². The number of hydrogen-bond acceptors (Lipinski definition) is 4. The highest BCUT2D eigenvalue weighted by Gasteiger charge is 2.22. The van der Waals surface area contributed by atoms with Crippen molar-refractivity contribution in [2.45, 2.75) is 25.5 Å². The summed E-state index contributed by atoms with van der Waals surface area (Å²) in [7, 11) is 0. The van der Waals surface area contributed by atoms with E-state index in [1.807, 2.05) is 55.5 Å². The maximum absolute atomic E-state index is 10.6. The Hall–Kier alpha value is -2.04. The Balaban J connectivity index is 1.65. The number of aliphatic hydroxyl groups is 1. The molecule has 0 radical (unpaired) electrons. The highest BCUT2D eigenvalue weighted by molar-refractivity contribution is 5.47. The fraction of sp³-hybridized carbons (Fsp3) is 0.368. The van der Waals surface area contributed by atoms with Gasteiger partial charge in [0.05, 0.1) is 18.8 Å². The zero-order valence-electron chi connectivity index (χ0n) is 13.4. The van der Waals surface area contributed by atoms with Crippen LogP contribution in [0.4, 0.5) is 0 Å². The van der Waals surface area contributed by atoms with Gasteiger partial charge in [0.25, 0.3) is 0 Å². The van der Waals surface area contributed by atoms with E-state index in [1.54, 1.807) is 0 Å². The fourth-order valence-corrected chi connectivity index (χ4v) is 2.73. The van der Waals surface area contributed by atoms with E-state index < -0.39 is 5.60 Å². The predicted molar refractivity (Wildman–Crippen MR) is 89.8 cm³/mol. The van der Waals surface area contributed by atoms with E-state index in [4.69, 9.17) is 9.47 Å². The Labute approximate surface area is 137 Å². The van der Waals surface area contributed by atoms with Crippen LogP contribution in [0.5, 0.6) is 11.5 Å². The number of ether oxygens (including phenoxy) is 2. The van der Waals surface area contributed by atoms with E-state index in [9.17, 15) is 5.11 Å². The van der Waals surface area contributed by atoms with Gasteiger partial charge in [-0.15, -0.1) is 0 Å². The Morgan fingerprint density at radius 2 is 1.83 bits per heavy atom. The summed E-state index contributed by atoms with van der Waals surface area (Å²) in [4.78, 5) is 0. The van der Waals surface area contributed by atoms with E-state index in [0.29, 0.717) is 26.3 Å². The average molecular weight is 313 g/mol. The third-order valence-corrected chi connectivity index (χ3v) is 4.03. The van der Waals surface area contributed by atoms with Crippen LogP contribution >= 0.6 is 0 Å². The summed E-state index contributed by atoms with van der Waals surface area (Å²) in [5, 5.41) is 14.0. The predicted octanol–water partition coefficient (Wildman–Crippen LogP) is 2.85. The quantitative estimate of drug-likeness (QED) is 0.891. The molecule has 2 N–H and O–H groups in total. The summed E-state index contributed by atoms with van der Waals surface area (Å²) in [6.07, 6.45) is 0.893. The van der Waals surface area contributed by atoms with Crippen LogP contribution in [0.3, 0.4) is 0 Å². The number of rotatable bonds is 5. The van der Waals surface area contributed by atoms with Crippen LogP contribution in [-0.2, 0) is 12.1 Å². The van der Waals surface area contributed by atoms with Crippen molar-refractivity contribution in [2.24, 2.45) is 0 Å². The van der Waals surface area contributed by atoms with Gasteiger partial charge >= 0.3 is 0 Å². The van der Waals surface area contributed by atoms with Crippen LogP contribution in [0, 0.1) is 0 Å². The lowest BCUT2D eigenvalue weighted by Crippen LogP contribution is -2.35. The van der Waals surface area contributed by atoms with Crippen LogP contribution in [0.25, 0.3) is 0 Å². The lowest BCUT2D eigenvalue weighted by molar-refractivity contribution is 0.0566. The Bertz CT molecular complexity index is 640. The van der Waals surface area contributed by atoms with E-state index in [-0.39, 0.29) is 0 Å². The smallest absolute Gasteiger partial charge is 0.165 e. The maximum Gasteiger partial charge on any atom is 0.165 e. The third kappa shape index (κ3) is 3.84. The first-order chi connectivity index (χ1) is 11.2. The molecule has 1 unspecified atom stereocenters. The molecule has 2 aromatic rings. The third-order valence-electron chi connectivity index (χ3n) is 4.03. The molecular formula is C19H23NO3. The molecular weight excluding hydrogens is 290 g/mol. The molecule has 0 fully saturated rings. The summed E-state index contributed by atoms with van der Waals surface area (Å²) >= 11 is 0. The van der Waals surface area contributed by atoms with Gasteiger partial charge in [-0.3, -0.25) is 0 Å². The van der Waals surface area contributed by atoms with E-state index >= 15 is 0 Å². The van der Waals surface area contributed by atoms with Crippen molar-refractivity contribution in [1.29, 1.82) is 0 Å². The number of nitrogens with one attached hydrogen (secondary N) is 1. The van der Waals surface area contributed by atoms with E-state index in [2.05, 4.69) is 5.32 Å². The highest BCUT2D eigenvalue weighted by Crippen LogP contribution is 2.33. The molecule has 0 spiro atoms. The van der Waals surface area contributed by atoms with Gasteiger partial charge in [-0.2, -0.15) is 0 Å². The van der Waals surface area contributed by atoms with Gasteiger partial charge in [-0.25, -0.2) is 0 Å². The van der Waals surface area contributed by atoms with Crippen molar-refractivity contribution in [3.63, 3.8) is 0 Å². The van der Waals surface area contributed by atoms with Gasteiger partial charge in [0.1, 0.15) is 0 Å². The molecule has 1 aliphatic rings. The van der Waals surface area contributed by atoms with Gasteiger partial charge in [0, 0.05) is 25.1 Å². The number of fused-ring (bicyclic) bond motifs is 1. The Kier molecular flexibility index (Phi) is 4.84. The largest absolute Gasteiger partial charge is 0.490 e. The molecule has 0 saturated heterocycles. The van der Waals surface area contributed by atoms with E-state index in [1.165, 1.54) is 0 Å². The van der Waals surface area contributed by atoms with Crippen LogP contribution in [-0.4, -0.2) is 24.9 Å². The van der Waals surface area contributed by atoms with Crippen molar-refractivity contribution in [3.05, 3.63) is 59.7 Å². The van der Waals surface area contributed by atoms with Crippen LogP contribution < -0.4 is 14.8 Å². The first-order valence-electron chi connectivity index (χ1n) is 8.03. The summed E-state index contributed by atoms with van der Waals surface area (Å²) in [6.45, 7) is 4.26. The van der Waals surface area contributed by atoms with Crippen molar-refractivity contribution in [1.82, 2.24) is 5.32 Å². The molecule has 2 aromatic carbocycles. The number of hydrogen-bond donors (Lipinski definition) is 2. The van der Waals surface area contributed by atoms with Crippen LogP contribution in [0.2, 0.25) is 0 Å². The molecule has 1 heterocycles. The number of para-hydroxylation sites is 1. The highest BCUT2D eigenvalue weighted by atomic mass is 16.5. The molecule has 3 rings (SSSR count). The van der Waals surface area contributed by atoms with Gasteiger partial charge in [-0.1, -0.05) is 42.5 Å². The van der Waals surface area contributed by atoms with Gasteiger partial charge in [-0.05, 0) is 18.6 Å². The van der Waals surface area contributed by atoms with E-state index in [0.717, 1.165) is 29.0 Å².